The van der Waals surface area contributed by atoms with E-state index in [0.29, 0.717) is 5.15 Å². The number of hydrogen-bond acceptors (Lipinski definition) is 3. The molecule has 0 spiro atoms. The van der Waals surface area contributed by atoms with Gasteiger partial charge in [0.05, 0.1) is 10.2 Å². The van der Waals surface area contributed by atoms with Crippen molar-refractivity contribution in [1.82, 2.24) is 9.97 Å². The molecule has 0 bridgehead atoms. The lowest BCUT2D eigenvalue weighted by Gasteiger charge is -2.03. The fourth-order valence-electron chi connectivity index (χ4n) is 1.30. The second-order valence-corrected chi connectivity index (χ2v) is 5.79. The average molecular weight is 330 g/mol. The largest absolute Gasteiger partial charge is 0.239 e. The zero-order valence-corrected chi connectivity index (χ0v) is 12.3. The lowest BCUT2D eigenvalue weighted by Crippen LogP contribution is -1.92. The molecule has 5 heteroatoms. The first-order valence-electron chi connectivity index (χ1n) is 5.01. The summed E-state index contributed by atoms with van der Waals surface area (Å²) in [7, 11) is 0. The lowest BCUT2D eigenvalue weighted by molar-refractivity contribution is 1.02. The van der Waals surface area contributed by atoms with E-state index in [1.807, 2.05) is 6.07 Å². The number of aromatic nitrogens is 2. The monoisotopic (exact) mass is 328 g/mol. The molecule has 2 aromatic rings. The number of aryl methyl sites for hydroxylation is 1. The summed E-state index contributed by atoms with van der Waals surface area (Å²) < 4.78 is 0.725. The summed E-state index contributed by atoms with van der Waals surface area (Å²) in [5.74, 6) is 1.46. The van der Waals surface area contributed by atoms with Gasteiger partial charge in [-0.2, -0.15) is 0 Å². The molecule has 0 amide bonds. The van der Waals surface area contributed by atoms with Crippen molar-refractivity contribution in [1.29, 1.82) is 0 Å². The molecule has 88 valence electrons. The maximum Gasteiger partial charge on any atom is 0.146 e. The summed E-state index contributed by atoms with van der Waals surface area (Å²) in [6.07, 6.45) is 1.68. The van der Waals surface area contributed by atoms with Crippen molar-refractivity contribution in [3.63, 3.8) is 0 Å². The minimum absolute atomic E-state index is 0.458. The Labute approximate surface area is 118 Å². The van der Waals surface area contributed by atoms with Crippen molar-refractivity contribution >= 4 is 39.3 Å². The Hall–Kier alpha value is -0.580. The molecular weight excluding hydrogens is 320 g/mol. The third-order valence-corrected chi connectivity index (χ3v) is 4.20. The Bertz CT molecular complexity index is 534. The van der Waals surface area contributed by atoms with E-state index in [-0.39, 0.29) is 0 Å². The maximum absolute atomic E-state index is 5.91. The molecule has 0 radical (unpaired) electrons. The van der Waals surface area contributed by atoms with Gasteiger partial charge in [0, 0.05) is 11.1 Å². The third-order valence-electron chi connectivity index (χ3n) is 2.11. The average Bonchev–Trinajstić information content (AvgIpc) is 2.31. The normalized spacial score (nSPS) is 10.5. The fourth-order valence-corrected chi connectivity index (χ4v) is 2.52. The molecule has 1 aromatic heterocycles. The molecule has 2 nitrogen and oxygen atoms in total. The SMILES string of the molecule is Cc1cccc(SCc2ncc(Br)c(Cl)n2)c1. The van der Waals surface area contributed by atoms with Crippen LogP contribution < -0.4 is 0 Å². The summed E-state index contributed by atoms with van der Waals surface area (Å²) >= 11 is 10.9. The highest BCUT2D eigenvalue weighted by atomic mass is 79.9. The fraction of sp³-hybridized carbons (Fsp3) is 0.167. The van der Waals surface area contributed by atoms with E-state index in [1.165, 1.54) is 10.5 Å². The molecule has 17 heavy (non-hydrogen) atoms. The minimum Gasteiger partial charge on any atom is -0.239 e. The number of nitrogens with zero attached hydrogens (tertiary/aromatic N) is 2. The van der Waals surface area contributed by atoms with Gasteiger partial charge in [0.15, 0.2) is 0 Å². The Morgan fingerprint density at radius 1 is 1.41 bits per heavy atom. The number of thioether (sulfide) groups is 1. The Kier molecular flexibility index (Phi) is 4.42. The third kappa shape index (κ3) is 3.69. The van der Waals surface area contributed by atoms with Crippen LogP contribution in [0.25, 0.3) is 0 Å². The lowest BCUT2D eigenvalue weighted by atomic mass is 10.2. The molecule has 0 fully saturated rings. The Morgan fingerprint density at radius 3 is 2.94 bits per heavy atom. The van der Waals surface area contributed by atoms with Crippen LogP contribution in [0.15, 0.2) is 39.8 Å². The van der Waals surface area contributed by atoms with Gasteiger partial charge >= 0.3 is 0 Å². The predicted octanol–water partition coefficient (Wildman–Crippen LogP) is 4.49. The van der Waals surface area contributed by atoms with Crippen LogP contribution >= 0.6 is 39.3 Å². The van der Waals surface area contributed by atoms with E-state index in [4.69, 9.17) is 11.6 Å². The molecule has 0 atom stereocenters. The molecular formula is C12H10BrClN2S. The highest BCUT2D eigenvalue weighted by Gasteiger charge is 2.03. The van der Waals surface area contributed by atoms with Gasteiger partial charge in [0.2, 0.25) is 0 Å². The topological polar surface area (TPSA) is 25.8 Å². The van der Waals surface area contributed by atoms with Gasteiger partial charge < -0.3 is 0 Å². The van der Waals surface area contributed by atoms with Gasteiger partial charge in [-0.3, -0.25) is 0 Å². The Balaban J connectivity index is 2.05. The minimum atomic E-state index is 0.458. The second kappa shape index (κ2) is 5.85. The highest BCUT2D eigenvalue weighted by molar-refractivity contribution is 9.10. The summed E-state index contributed by atoms with van der Waals surface area (Å²) in [6.45, 7) is 2.08. The molecule has 0 aliphatic heterocycles. The summed E-state index contributed by atoms with van der Waals surface area (Å²) in [5.41, 5.74) is 1.25. The summed E-state index contributed by atoms with van der Waals surface area (Å²) in [5, 5.41) is 0.458. The summed E-state index contributed by atoms with van der Waals surface area (Å²) in [6, 6.07) is 8.35. The molecule has 0 aliphatic rings. The Morgan fingerprint density at radius 2 is 2.24 bits per heavy atom. The van der Waals surface area contributed by atoms with Crippen LogP contribution in [0.1, 0.15) is 11.4 Å². The second-order valence-electron chi connectivity index (χ2n) is 3.53. The van der Waals surface area contributed by atoms with Crippen molar-refractivity contribution < 1.29 is 0 Å². The molecule has 2 rings (SSSR count). The van der Waals surface area contributed by atoms with Gasteiger partial charge in [-0.15, -0.1) is 11.8 Å². The first-order valence-corrected chi connectivity index (χ1v) is 7.17. The van der Waals surface area contributed by atoms with Crippen molar-refractivity contribution in [2.45, 2.75) is 17.6 Å². The van der Waals surface area contributed by atoms with Gasteiger partial charge in [-0.05, 0) is 35.0 Å². The van der Waals surface area contributed by atoms with Crippen LogP contribution in [0.2, 0.25) is 5.15 Å². The van der Waals surface area contributed by atoms with Gasteiger partial charge in [0.1, 0.15) is 11.0 Å². The van der Waals surface area contributed by atoms with E-state index in [9.17, 15) is 0 Å². The molecule has 0 saturated heterocycles. The van der Waals surface area contributed by atoms with E-state index < -0.39 is 0 Å². The number of halogens is 2. The van der Waals surface area contributed by atoms with Gasteiger partial charge in [-0.1, -0.05) is 29.3 Å². The molecule has 1 aromatic carbocycles. The van der Waals surface area contributed by atoms with Crippen LogP contribution in [0.5, 0.6) is 0 Å². The molecule has 0 N–H and O–H groups in total. The molecule has 1 heterocycles. The predicted molar refractivity (Wildman–Crippen MR) is 75.5 cm³/mol. The van der Waals surface area contributed by atoms with Crippen LogP contribution in [-0.2, 0) is 5.75 Å². The maximum atomic E-state index is 5.91. The first-order chi connectivity index (χ1) is 8.15. The van der Waals surface area contributed by atoms with Crippen molar-refractivity contribution in [2.75, 3.05) is 0 Å². The molecule has 0 aliphatic carbocycles. The van der Waals surface area contributed by atoms with Crippen LogP contribution in [-0.4, -0.2) is 9.97 Å². The van der Waals surface area contributed by atoms with Crippen molar-refractivity contribution in [3.8, 4) is 0 Å². The smallest absolute Gasteiger partial charge is 0.146 e. The van der Waals surface area contributed by atoms with E-state index >= 15 is 0 Å². The van der Waals surface area contributed by atoms with Crippen molar-refractivity contribution in [2.24, 2.45) is 0 Å². The van der Waals surface area contributed by atoms with Crippen LogP contribution in [0, 0.1) is 6.92 Å². The van der Waals surface area contributed by atoms with Crippen LogP contribution in [0.3, 0.4) is 0 Å². The number of rotatable bonds is 3. The molecule has 0 saturated carbocycles. The van der Waals surface area contributed by atoms with Gasteiger partial charge in [0.25, 0.3) is 0 Å². The van der Waals surface area contributed by atoms with E-state index in [0.717, 1.165) is 16.0 Å². The molecule has 0 unspecified atom stereocenters. The zero-order valence-electron chi connectivity index (χ0n) is 9.15. The zero-order chi connectivity index (χ0) is 12.3. The van der Waals surface area contributed by atoms with Gasteiger partial charge in [-0.25, -0.2) is 9.97 Å². The number of hydrogen-bond donors (Lipinski definition) is 0. The quantitative estimate of drug-likeness (QED) is 0.613. The van der Waals surface area contributed by atoms with Crippen molar-refractivity contribution in [3.05, 3.63) is 51.5 Å². The highest BCUT2D eigenvalue weighted by Crippen LogP contribution is 2.24. The van der Waals surface area contributed by atoms with Crippen LogP contribution in [0.4, 0.5) is 0 Å². The van der Waals surface area contributed by atoms with E-state index in [1.54, 1.807) is 18.0 Å². The number of benzene rings is 1. The summed E-state index contributed by atoms with van der Waals surface area (Å²) in [4.78, 5) is 9.63. The first kappa shape index (κ1) is 12.9. The standard InChI is InChI=1S/C12H10BrClN2S/c1-8-3-2-4-9(5-8)17-7-11-15-6-10(13)12(14)16-11/h2-6H,7H2,1H3. The van der Waals surface area contributed by atoms with E-state index in [2.05, 4.69) is 51.0 Å².